The van der Waals surface area contributed by atoms with Crippen LogP contribution in [0.5, 0.6) is 0 Å². The molecular weight excluding hydrogens is 263 g/mol. The number of carboxylic acids is 2. The molecule has 0 aromatic carbocycles. The zero-order valence-electron chi connectivity index (χ0n) is 9.73. The van der Waals surface area contributed by atoms with Crippen molar-refractivity contribution in [3.63, 3.8) is 0 Å². The Hall–Kier alpha value is -1.17. The van der Waals surface area contributed by atoms with E-state index in [9.17, 15) is 14.2 Å². The number of rotatable bonds is 9. The quantitative estimate of drug-likeness (QED) is 0.366. The molecule has 7 nitrogen and oxygen atoms in total. The van der Waals surface area contributed by atoms with Crippen LogP contribution in [0.4, 0.5) is 0 Å². The van der Waals surface area contributed by atoms with Crippen LogP contribution in [-0.2, 0) is 14.2 Å². The Morgan fingerprint density at radius 3 is 2.17 bits per heavy atom. The van der Waals surface area contributed by atoms with Gasteiger partial charge in [0.25, 0.3) is 0 Å². The van der Waals surface area contributed by atoms with Gasteiger partial charge in [-0.2, -0.15) is 0 Å². The van der Waals surface area contributed by atoms with Gasteiger partial charge in [-0.05, 0) is 19.3 Å². The third-order valence-corrected chi connectivity index (χ3v) is 3.90. The molecule has 0 saturated carbocycles. The van der Waals surface area contributed by atoms with Crippen molar-refractivity contribution in [2.24, 2.45) is 5.92 Å². The second-order valence-corrected chi connectivity index (χ2v) is 5.88. The van der Waals surface area contributed by atoms with Gasteiger partial charge in [-0.25, -0.2) is 0 Å². The molecule has 0 aromatic heterocycles. The summed E-state index contributed by atoms with van der Waals surface area (Å²) < 4.78 is 11.2. The SMILES string of the molecule is C=CCC(CC(CCC(=O)O)C(=O)O)P(=O)(O)O. The van der Waals surface area contributed by atoms with E-state index in [1.165, 1.54) is 6.08 Å². The molecule has 0 aliphatic rings. The lowest BCUT2D eigenvalue weighted by molar-refractivity contribution is -0.143. The Labute approximate surface area is 104 Å². The summed E-state index contributed by atoms with van der Waals surface area (Å²) in [7, 11) is -4.42. The number of carboxylic acid groups (broad SMARTS) is 2. The first-order valence-corrected chi connectivity index (χ1v) is 6.97. The molecule has 0 spiro atoms. The van der Waals surface area contributed by atoms with Crippen LogP contribution in [-0.4, -0.2) is 37.6 Å². The molecule has 2 unspecified atom stereocenters. The molecule has 0 fully saturated rings. The first-order chi connectivity index (χ1) is 8.18. The lowest BCUT2D eigenvalue weighted by atomic mass is 9.96. The minimum Gasteiger partial charge on any atom is -0.481 e. The molecule has 0 bridgehead atoms. The largest absolute Gasteiger partial charge is 0.481 e. The van der Waals surface area contributed by atoms with Gasteiger partial charge in [0, 0.05) is 6.42 Å². The first kappa shape index (κ1) is 16.8. The highest BCUT2D eigenvalue weighted by Gasteiger charge is 2.32. The molecular formula is C10H17O7P. The highest BCUT2D eigenvalue weighted by Crippen LogP contribution is 2.46. The molecule has 18 heavy (non-hydrogen) atoms. The van der Waals surface area contributed by atoms with Crippen LogP contribution in [0.15, 0.2) is 12.7 Å². The molecule has 2 atom stereocenters. The Morgan fingerprint density at radius 1 is 1.28 bits per heavy atom. The Bertz CT molecular complexity index is 359. The maximum Gasteiger partial charge on any atom is 0.328 e. The van der Waals surface area contributed by atoms with Gasteiger partial charge in [-0.3, -0.25) is 14.2 Å². The monoisotopic (exact) mass is 280 g/mol. The van der Waals surface area contributed by atoms with Crippen molar-refractivity contribution < 1.29 is 34.2 Å². The molecule has 0 rings (SSSR count). The predicted octanol–water partition coefficient (Wildman–Crippen LogP) is 1.06. The van der Waals surface area contributed by atoms with Crippen molar-refractivity contribution in [3.05, 3.63) is 12.7 Å². The van der Waals surface area contributed by atoms with E-state index in [-0.39, 0.29) is 25.7 Å². The summed E-state index contributed by atoms with van der Waals surface area (Å²) in [6.07, 6.45) is 0.525. The topological polar surface area (TPSA) is 132 Å². The second kappa shape index (κ2) is 7.31. The molecule has 0 aromatic rings. The van der Waals surface area contributed by atoms with E-state index in [1.54, 1.807) is 0 Å². The van der Waals surface area contributed by atoms with Gasteiger partial charge in [0.15, 0.2) is 0 Å². The van der Waals surface area contributed by atoms with Crippen LogP contribution in [0.25, 0.3) is 0 Å². The molecule has 0 saturated heterocycles. The number of hydrogen-bond acceptors (Lipinski definition) is 3. The number of hydrogen-bond donors (Lipinski definition) is 4. The van der Waals surface area contributed by atoms with E-state index < -0.39 is 31.1 Å². The average Bonchev–Trinajstić information content (AvgIpc) is 2.20. The molecule has 0 aliphatic heterocycles. The van der Waals surface area contributed by atoms with Crippen molar-refractivity contribution in [1.29, 1.82) is 0 Å². The van der Waals surface area contributed by atoms with Gasteiger partial charge >= 0.3 is 19.5 Å². The van der Waals surface area contributed by atoms with Gasteiger partial charge < -0.3 is 20.0 Å². The van der Waals surface area contributed by atoms with Crippen molar-refractivity contribution >= 4 is 19.5 Å². The Kier molecular flexibility index (Phi) is 6.83. The number of carbonyl (C=O) groups is 2. The first-order valence-electron chi connectivity index (χ1n) is 5.29. The Balaban J connectivity index is 4.71. The molecule has 4 N–H and O–H groups in total. The van der Waals surface area contributed by atoms with E-state index in [1.807, 2.05) is 0 Å². The summed E-state index contributed by atoms with van der Waals surface area (Å²) in [6, 6.07) is 0. The fourth-order valence-corrected chi connectivity index (χ4v) is 2.48. The fraction of sp³-hybridized carbons (Fsp3) is 0.600. The van der Waals surface area contributed by atoms with Crippen LogP contribution in [0.2, 0.25) is 0 Å². The maximum atomic E-state index is 11.2. The zero-order chi connectivity index (χ0) is 14.3. The molecule has 0 aliphatic carbocycles. The van der Waals surface area contributed by atoms with Crippen molar-refractivity contribution in [2.75, 3.05) is 0 Å². The normalized spacial score (nSPS) is 14.8. The molecule has 104 valence electrons. The summed E-state index contributed by atoms with van der Waals surface area (Å²) >= 11 is 0. The van der Waals surface area contributed by atoms with Gasteiger partial charge in [0.2, 0.25) is 0 Å². The summed E-state index contributed by atoms with van der Waals surface area (Å²) in [5.74, 6) is -3.48. The van der Waals surface area contributed by atoms with Crippen molar-refractivity contribution in [2.45, 2.75) is 31.3 Å². The molecule has 0 amide bonds. The number of allylic oxidation sites excluding steroid dienone is 1. The van der Waals surface area contributed by atoms with Gasteiger partial charge in [0.1, 0.15) is 0 Å². The highest BCUT2D eigenvalue weighted by atomic mass is 31.2. The standard InChI is InChI=1S/C10H17O7P/c1-2-3-8(18(15,16)17)6-7(10(13)14)4-5-9(11)12/h2,7-8H,1,3-6H2,(H,11,12)(H,13,14)(H2,15,16,17). The summed E-state index contributed by atoms with van der Waals surface area (Å²) in [4.78, 5) is 39.4. The molecule has 8 heteroatoms. The molecule has 0 heterocycles. The molecule has 0 radical (unpaired) electrons. The summed E-state index contributed by atoms with van der Waals surface area (Å²) in [6.45, 7) is 3.36. The van der Waals surface area contributed by atoms with Crippen LogP contribution in [0.1, 0.15) is 25.7 Å². The third kappa shape index (κ3) is 6.54. The van der Waals surface area contributed by atoms with Gasteiger partial charge in [-0.1, -0.05) is 6.08 Å². The van der Waals surface area contributed by atoms with E-state index in [0.717, 1.165) is 0 Å². The number of aliphatic carboxylic acids is 2. The van der Waals surface area contributed by atoms with E-state index in [2.05, 4.69) is 6.58 Å². The average molecular weight is 280 g/mol. The summed E-state index contributed by atoms with van der Waals surface area (Å²) in [5.41, 5.74) is -1.13. The minimum atomic E-state index is -4.42. The Morgan fingerprint density at radius 2 is 1.83 bits per heavy atom. The lowest BCUT2D eigenvalue weighted by Gasteiger charge is -2.20. The fourth-order valence-electron chi connectivity index (χ4n) is 1.53. The van der Waals surface area contributed by atoms with E-state index >= 15 is 0 Å². The highest BCUT2D eigenvalue weighted by molar-refractivity contribution is 7.52. The predicted molar refractivity (Wildman–Crippen MR) is 63.3 cm³/mol. The van der Waals surface area contributed by atoms with Crippen LogP contribution in [0, 0.1) is 5.92 Å². The van der Waals surface area contributed by atoms with E-state index in [4.69, 9.17) is 20.0 Å². The van der Waals surface area contributed by atoms with Crippen molar-refractivity contribution in [1.82, 2.24) is 0 Å². The zero-order valence-corrected chi connectivity index (χ0v) is 10.6. The van der Waals surface area contributed by atoms with Gasteiger partial charge in [-0.15, -0.1) is 6.58 Å². The maximum absolute atomic E-state index is 11.2. The van der Waals surface area contributed by atoms with Gasteiger partial charge in [0.05, 0.1) is 11.6 Å². The lowest BCUT2D eigenvalue weighted by Crippen LogP contribution is -2.22. The van der Waals surface area contributed by atoms with Crippen LogP contribution >= 0.6 is 7.60 Å². The smallest absolute Gasteiger partial charge is 0.328 e. The van der Waals surface area contributed by atoms with Crippen LogP contribution < -0.4 is 0 Å². The van der Waals surface area contributed by atoms with Crippen molar-refractivity contribution in [3.8, 4) is 0 Å². The van der Waals surface area contributed by atoms with E-state index in [0.29, 0.717) is 0 Å². The van der Waals surface area contributed by atoms with Crippen LogP contribution in [0.3, 0.4) is 0 Å². The minimum absolute atomic E-state index is 0.0128. The summed E-state index contributed by atoms with van der Waals surface area (Å²) in [5, 5.41) is 17.4. The third-order valence-electron chi connectivity index (χ3n) is 2.53. The second-order valence-electron chi connectivity index (χ2n) is 3.97.